The van der Waals surface area contributed by atoms with Crippen molar-refractivity contribution in [3.8, 4) is 0 Å². The summed E-state index contributed by atoms with van der Waals surface area (Å²) in [5.74, 6) is -0.204. The predicted molar refractivity (Wildman–Crippen MR) is 59.2 cm³/mol. The number of halogens is 1. The molecule has 0 aliphatic carbocycles. The Morgan fingerprint density at radius 3 is 2.93 bits per heavy atom. The van der Waals surface area contributed by atoms with Gasteiger partial charge in [-0.05, 0) is 37.5 Å². The Morgan fingerprint density at radius 2 is 2.27 bits per heavy atom. The highest BCUT2D eigenvalue weighted by Crippen LogP contribution is 2.07. The van der Waals surface area contributed by atoms with Gasteiger partial charge in [-0.3, -0.25) is 0 Å². The van der Waals surface area contributed by atoms with Crippen LogP contribution in [0.1, 0.15) is 18.9 Å². The van der Waals surface area contributed by atoms with E-state index < -0.39 is 0 Å². The molecule has 0 aliphatic rings. The molecule has 3 heteroatoms. The summed E-state index contributed by atoms with van der Waals surface area (Å²) in [5.41, 5.74) is 6.84. The van der Waals surface area contributed by atoms with Gasteiger partial charge in [0.05, 0.1) is 0 Å². The van der Waals surface area contributed by atoms with Crippen LogP contribution < -0.4 is 5.73 Å². The minimum Gasteiger partial charge on any atom is -0.382 e. The number of rotatable bonds is 6. The molecule has 1 aromatic carbocycles. The van der Waals surface area contributed by atoms with Crippen molar-refractivity contribution in [1.82, 2.24) is 0 Å². The zero-order valence-corrected chi connectivity index (χ0v) is 9.08. The van der Waals surface area contributed by atoms with E-state index in [9.17, 15) is 4.39 Å². The molecule has 1 aromatic rings. The Kier molecular flexibility index (Phi) is 5.29. The van der Waals surface area contributed by atoms with E-state index >= 15 is 0 Å². The molecule has 0 saturated heterocycles. The van der Waals surface area contributed by atoms with Crippen molar-refractivity contribution in [2.45, 2.75) is 25.8 Å². The summed E-state index contributed by atoms with van der Waals surface area (Å²) in [6.45, 7) is 3.35. The summed E-state index contributed by atoms with van der Waals surface area (Å²) >= 11 is 0. The summed E-state index contributed by atoms with van der Waals surface area (Å²) < 4.78 is 18.1. The number of hydrogen-bond acceptors (Lipinski definition) is 2. The second-order valence-corrected chi connectivity index (χ2v) is 3.58. The van der Waals surface area contributed by atoms with E-state index in [0.29, 0.717) is 19.6 Å². The van der Waals surface area contributed by atoms with E-state index in [-0.39, 0.29) is 11.9 Å². The van der Waals surface area contributed by atoms with Crippen LogP contribution >= 0.6 is 0 Å². The highest BCUT2D eigenvalue weighted by Gasteiger charge is 2.04. The molecule has 1 atom stereocenters. The first-order valence-electron chi connectivity index (χ1n) is 5.30. The first-order valence-corrected chi connectivity index (χ1v) is 5.30. The van der Waals surface area contributed by atoms with Gasteiger partial charge in [0, 0.05) is 19.3 Å². The van der Waals surface area contributed by atoms with Gasteiger partial charge in [-0.25, -0.2) is 4.39 Å². The monoisotopic (exact) mass is 211 g/mol. The van der Waals surface area contributed by atoms with Crippen LogP contribution in [0.2, 0.25) is 0 Å². The van der Waals surface area contributed by atoms with E-state index in [4.69, 9.17) is 10.5 Å². The Labute approximate surface area is 90.2 Å². The average molecular weight is 211 g/mol. The third-order valence-electron chi connectivity index (χ3n) is 2.22. The molecule has 1 unspecified atom stereocenters. The van der Waals surface area contributed by atoms with Crippen LogP contribution in [0.3, 0.4) is 0 Å². The molecule has 0 heterocycles. The van der Waals surface area contributed by atoms with E-state index in [1.165, 1.54) is 12.1 Å². The van der Waals surface area contributed by atoms with E-state index in [1.807, 2.05) is 13.0 Å². The Bertz CT molecular complexity index is 291. The Morgan fingerprint density at radius 1 is 1.47 bits per heavy atom. The van der Waals surface area contributed by atoms with Crippen LogP contribution in [0.5, 0.6) is 0 Å². The van der Waals surface area contributed by atoms with Crippen molar-refractivity contribution in [3.63, 3.8) is 0 Å². The summed E-state index contributed by atoms with van der Waals surface area (Å²) in [4.78, 5) is 0. The minimum atomic E-state index is -0.204. The van der Waals surface area contributed by atoms with Crippen molar-refractivity contribution < 1.29 is 9.13 Å². The molecule has 0 fully saturated rings. The van der Waals surface area contributed by atoms with Gasteiger partial charge in [0.1, 0.15) is 5.82 Å². The first kappa shape index (κ1) is 12.1. The van der Waals surface area contributed by atoms with Gasteiger partial charge in [0.15, 0.2) is 0 Å². The molecule has 1 rings (SSSR count). The Hall–Kier alpha value is -0.930. The van der Waals surface area contributed by atoms with Gasteiger partial charge in [0.2, 0.25) is 0 Å². The lowest BCUT2D eigenvalue weighted by Gasteiger charge is -2.11. The van der Waals surface area contributed by atoms with Crippen LogP contribution in [0.15, 0.2) is 24.3 Å². The second kappa shape index (κ2) is 6.53. The number of hydrogen-bond donors (Lipinski definition) is 1. The highest BCUT2D eigenvalue weighted by atomic mass is 19.1. The number of ether oxygens (including phenoxy) is 1. The summed E-state index contributed by atoms with van der Waals surface area (Å²) in [5, 5.41) is 0. The van der Waals surface area contributed by atoms with Crippen molar-refractivity contribution in [1.29, 1.82) is 0 Å². The van der Waals surface area contributed by atoms with E-state index in [2.05, 4.69) is 0 Å². The smallest absolute Gasteiger partial charge is 0.123 e. The Balaban J connectivity index is 2.34. The maximum atomic E-state index is 12.9. The maximum absolute atomic E-state index is 12.9. The van der Waals surface area contributed by atoms with Gasteiger partial charge in [-0.2, -0.15) is 0 Å². The quantitative estimate of drug-likeness (QED) is 0.731. The molecule has 0 spiro atoms. The van der Waals surface area contributed by atoms with Crippen molar-refractivity contribution in [3.05, 3.63) is 35.6 Å². The molecule has 0 aliphatic heterocycles. The fourth-order valence-electron chi connectivity index (χ4n) is 1.45. The lowest BCUT2D eigenvalue weighted by atomic mass is 10.0. The largest absolute Gasteiger partial charge is 0.382 e. The SMILES string of the molecule is CCOCCC(N)Cc1cccc(F)c1. The third-order valence-corrected chi connectivity index (χ3v) is 2.22. The predicted octanol–water partition coefficient (Wildman–Crippen LogP) is 2.12. The lowest BCUT2D eigenvalue weighted by Crippen LogP contribution is -2.24. The van der Waals surface area contributed by atoms with Crippen LogP contribution in [0.4, 0.5) is 4.39 Å². The summed E-state index contributed by atoms with van der Waals surface area (Å²) in [7, 11) is 0. The number of nitrogens with two attached hydrogens (primary N) is 1. The number of benzene rings is 1. The van der Waals surface area contributed by atoms with Crippen LogP contribution in [0.25, 0.3) is 0 Å². The van der Waals surface area contributed by atoms with E-state index in [0.717, 1.165) is 12.0 Å². The fourth-order valence-corrected chi connectivity index (χ4v) is 1.45. The molecule has 84 valence electrons. The summed E-state index contributed by atoms with van der Waals surface area (Å²) in [6.07, 6.45) is 1.51. The van der Waals surface area contributed by atoms with Crippen molar-refractivity contribution in [2.75, 3.05) is 13.2 Å². The minimum absolute atomic E-state index is 0.0401. The molecular formula is C12H18FNO. The molecule has 2 nitrogen and oxygen atoms in total. The molecule has 2 N–H and O–H groups in total. The lowest BCUT2D eigenvalue weighted by molar-refractivity contribution is 0.140. The average Bonchev–Trinajstić information content (AvgIpc) is 2.18. The van der Waals surface area contributed by atoms with Crippen LogP contribution in [-0.2, 0) is 11.2 Å². The van der Waals surface area contributed by atoms with E-state index in [1.54, 1.807) is 6.07 Å². The molecule has 15 heavy (non-hydrogen) atoms. The standard InChI is InChI=1S/C12H18FNO/c1-2-15-7-6-12(14)9-10-4-3-5-11(13)8-10/h3-5,8,12H,2,6-7,9,14H2,1H3. The molecule has 0 aromatic heterocycles. The third kappa shape index (κ3) is 4.91. The second-order valence-electron chi connectivity index (χ2n) is 3.58. The van der Waals surface area contributed by atoms with Crippen LogP contribution in [0, 0.1) is 5.82 Å². The van der Waals surface area contributed by atoms with Crippen molar-refractivity contribution in [2.24, 2.45) is 5.73 Å². The molecule has 0 saturated carbocycles. The zero-order chi connectivity index (χ0) is 11.1. The summed E-state index contributed by atoms with van der Waals surface area (Å²) in [6, 6.07) is 6.61. The zero-order valence-electron chi connectivity index (χ0n) is 9.08. The van der Waals surface area contributed by atoms with Gasteiger partial charge in [0.25, 0.3) is 0 Å². The first-order chi connectivity index (χ1) is 7.22. The van der Waals surface area contributed by atoms with Crippen LogP contribution in [-0.4, -0.2) is 19.3 Å². The van der Waals surface area contributed by atoms with Gasteiger partial charge in [-0.1, -0.05) is 12.1 Å². The van der Waals surface area contributed by atoms with Gasteiger partial charge >= 0.3 is 0 Å². The molecule has 0 bridgehead atoms. The molecule has 0 radical (unpaired) electrons. The van der Waals surface area contributed by atoms with Gasteiger partial charge in [-0.15, -0.1) is 0 Å². The topological polar surface area (TPSA) is 35.2 Å². The fraction of sp³-hybridized carbons (Fsp3) is 0.500. The molecule has 0 amide bonds. The maximum Gasteiger partial charge on any atom is 0.123 e. The van der Waals surface area contributed by atoms with Gasteiger partial charge < -0.3 is 10.5 Å². The molecular weight excluding hydrogens is 193 g/mol. The normalized spacial score (nSPS) is 12.7. The van der Waals surface area contributed by atoms with Crippen molar-refractivity contribution >= 4 is 0 Å². The highest BCUT2D eigenvalue weighted by molar-refractivity contribution is 5.17.